The number of nitrogens with one attached hydrogen (secondary N) is 2. The van der Waals surface area contributed by atoms with Gasteiger partial charge in [0.2, 0.25) is 11.8 Å². The smallest absolute Gasteiger partial charge is 0.326 e. The molecule has 9 heteroatoms. The van der Waals surface area contributed by atoms with E-state index in [1.807, 2.05) is 4.90 Å². The van der Waals surface area contributed by atoms with E-state index in [0.29, 0.717) is 38.9 Å². The van der Waals surface area contributed by atoms with Crippen molar-refractivity contribution in [1.29, 1.82) is 0 Å². The maximum absolute atomic E-state index is 12.5. The molecule has 0 bridgehead atoms. The van der Waals surface area contributed by atoms with E-state index in [2.05, 4.69) is 41.5 Å². The summed E-state index contributed by atoms with van der Waals surface area (Å²) in [5, 5.41) is 15.9. The van der Waals surface area contributed by atoms with Gasteiger partial charge in [0, 0.05) is 51.3 Å². The molecule has 2 aliphatic heterocycles. The van der Waals surface area contributed by atoms with Gasteiger partial charge in [0.1, 0.15) is 11.9 Å². The van der Waals surface area contributed by atoms with E-state index in [1.165, 1.54) is 5.56 Å². The Hall–Kier alpha value is -2.68. The van der Waals surface area contributed by atoms with E-state index in [-0.39, 0.29) is 17.7 Å². The first-order chi connectivity index (χ1) is 18.4. The Balaban J connectivity index is 1.50. The second-order valence-corrected chi connectivity index (χ2v) is 10.8. The number of carboxylic acid groups (broad SMARTS) is 1. The molecule has 1 saturated heterocycles. The topological polar surface area (TPSA) is 115 Å². The number of hydrogen-bond donors (Lipinski definition) is 3. The molecule has 0 radical (unpaired) electrons. The molecular formula is C29H47N5O4. The minimum Gasteiger partial charge on any atom is -0.480 e. The predicted molar refractivity (Wildman–Crippen MR) is 149 cm³/mol. The monoisotopic (exact) mass is 529 g/mol. The minimum absolute atomic E-state index is 0.188. The molecule has 2 amide bonds. The molecular weight excluding hydrogens is 482 g/mol. The zero-order valence-electron chi connectivity index (χ0n) is 23.3. The van der Waals surface area contributed by atoms with Crippen LogP contribution in [0.4, 0.5) is 5.82 Å². The highest BCUT2D eigenvalue weighted by molar-refractivity contribution is 5.83. The fourth-order valence-electron chi connectivity index (χ4n) is 5.35. The number of fused-ring (bicyclic) bond motifs is 1. The number of aromatic nitrogens is 1. The number of likely N-dealkylation sites (tertiary alicyclic amines) is 1. The fourth-order valence-corrected chi connectivity index (χ4v) is 5.35. The highest BCUT2D eigenvalue weighted by Gasteiger charge is 2.24. The van der Waals surface area contributed by atoms with Gasteiger partial charge in [-0.15, -0.1) is 0 Å². The Morgan fingerprint density at radius 2 is 1.95 bits per heavy atom. The van der Waals surface area contributed by atoms with E-state index in [4.69, 9.17) is 4.98 Å². The molecule has 0 aliphatic carbocycles. The summed E-state index contributed by atoms with van der Waals surface area (Å²) in [7, 11) is 0. The predicted octanol–water partition coefficient (Wildman–Crippen LogP) is 3.47. The van der Waals surface area contributed by atoms with Gasteiger partial charge in [0.15, 0.2) is 0 Å². The van der Waals surface area contributed by atoms with E-state index in [9.17, 15) is 19.5 Å². The third-order valence-corrected chi connectivity index (χ3v) is 7.96. The first kappa shape index (κ1) is 29.9. The summed E-state index contributed by atoms with van der Waals surface area (Å²) in [6.07, 6.45) is 9.12. The molecule has 212 valence electrons. The molecule has 0 aromatic carbocycles. The maximum Gasteiger partial charge on any atom is 0.326 e. The van der Waals surface area contributed by atoms with Gasteiger partial charge < -0.3 is 25.5 Å². The fraction of sp³-hybridized carbons (Fsp3) is 0.724. The van der Waals surface area contributed by atoms with Crippen LogP contribution in [0.2, 0.25) is 0 Å². The Morgan fingerprint density at radius 3 is 2.66 bits per heavy atom. The van der Waals surface area contributed by atoms with Gasteiger partial charge in [-0.1, -0.05) is 32.8 Å². The summed E-state index contributed by atoms with van der Waals surface area (Å²) < 4.78 is 0. The lowest BCUT2D eigenvalue weighted by molar-refractivity contribution is -0.142. The summed E-state index contributed by atoms with van der Waals surface area (Å²) in [4.78, 5) is 45.4. The lowest BCUT2D eigenvalue weighted by Gasteiger charge is -2.27. The van der Waals surface area contributed by atoms with Crippen LogP contribution in [0, 0.1) is 5.92 Å². The highest BCUT2D eigenvalue weighted by atomic mass is 16.4. The third kappa shape index (κ3) is 9.57. The van der Waals surface area contributed by atoms with E-state index in [0.717, 1.165) is 82.5 Å². The Labute approximate surface area is 227 Å². The number of rotatable bonds is 17. The van der Waals surface area contributed by atoms with E-state index < -0.39 is 12.0 Å². The van der Waals surface area contributed by atoms with Gasteiger partial charge in [0.05, 0.1) is 0 Å². The van der Waals surface area contributed by atoms with Crippen LogP contribution >= 0.6 is 0 Å². The number of carbonyl (C=O) groups is 3. The summed E-state index contributed by atoms with van der Waals surface area (Å²) in [5.41, 5.74) is 2.39. The van der Waals surface area contributed by atoms with Crippen molar-refractivity contribution in [2.24, 2.45) is 5.92 Å². The molecule has 0 spiro atoms. The zero-order valence-corrected chi connectivity index (χ0v) is 23.3. The van der Waals surface area contributed by atoms with Crippen molar-refractivity contribution >= 4 is 23.6 Å². The van der Waals surface area contributed by atoms with Gasteiger partial charge in [-0.2, -0.15) is 0 Å². The average molecular weight is 530 g/mol. The molecule has 38 heavy (non-hydrogen) atoms. The number of anilines is 1. The van der Waals surface area contributed by atoms with Gasteiger partial charge in [0.25, 0.3) is 0 Å². The molecule has 1 atom stereocenters. The van der Waals surface area contributed by atoms with Crippen molar-refractivity contribution in [3.05, 3.63) is 23.4 Å². The van der Waals surface area contributed by atoms with Crippen molar-refractivity contribution in [3.8, 4) is 0 Å². The molecule has 0 saturated carbocycles. The Bertz CT molecular complexity index is 920. The van der Waals surface area contributed by atoms with Gasteiger partial charge in [-0.05, 0) is 69.0 Å². The van der Waals surface area contributed by atoms with E-state index >= 15 is 0 Å². The van der Waals surface area contributed by atoms with Crippen molar-refractivity contribution in [2.75, 3.05) is 44.6 Å². The van der Waals surface area contributed by atoms with Crippen LogP contribution in [0.3, 0.4) is 0 Å². The van der Waals surface area contributed by atoms with Crippen LogP contribution in [0.5, 0.6) is 0 Å². The van der Waals surface area contributed by atoms with Crippen LogP contribution in [-0.4, -0.2) is 83.0 Å². The van der Waals surface area contributed by atoms with Crippen LogP contribution in [0.25, 0.3) is 0 Å². The second-order valence-electron chi connectivity index (χ2n) is 10.8. The first-order valence-corrected chi connectivity index (χ1v) is 14.6. The van der Waals surface area contributed by atoms with Crippen LogP contribution in [-0.2, 0) is 27.2 Å². The number of hydrogen-bond acceptors (Lipinski definition) is 6. The van der Waals surface area contributed by atoms with Crippen molar-refractivity contribution in [3.63, 3.8) is 0 Å². The molecule has 2 aliphatic rings. The number of aliphatic carboxylic acids is 1. The van der Waals surface area contributed by atoms with Crippen LogP contribution in [0.1, 0.15) is 82.9 Å². The molecule has 1 aromatic rings. The normalized spacial score (nSPS) is 16.0. The molecule has 1 fully saturated rings. The Kier molecular flexibility index (Phi) is 12.3. The summed E-state index contributed by atoms with van der Waals surface area (Å²) in [6.45, 7) is 8.64. The highest BCUT2D eigenvalue weighted by Crippen LogP contribution is 2.20. The lowest BCUT2D eigenvalue weighted by Crippen LogP contribution is -2.44. The lowest BCUT2D eigenvalue weighted by atomic mass is 9.99. The molecule has 3 rings (SSSR count). The van der Waals surface area contributed by atoms with Crippen molar-refractivity contribution in [2.45, 2.75) is 90.5 Å². The van der Waals surface area contributed by atoms with Crippen LogP contribution in [0.15, 0.2) is 12.1 Å². The van der Waals surface area contributed by atoms with Crippen molar-refractivity contribution in [1.82, 2.24) is 20.1 Å². The molecule has 3 heterocycles. The zero-order chi connectivity index (χ0) is 27.3. The second kappa shape index (κ2) is 15.7. The summed E-state index contributed by atoms with van der Waals surface area (Å²) in [6, 6.07) is 3.41. The number of carboxylic acids is 1. The minimum atomic E-state index is -0.996. The summed E-state index contributed by atoms with van der Waals surface area (Å²) >= 11 is 0. The number of nitrogens with zero attached hydrogens (tertiary/aromatic N) is 3. The van der Waals surface area contributed by atoms with Crippen molar-refractivity contribution < 1.29 is 19.5 Å². The van der Waals surface area contributed by atoms with Crippen LogP contribution < -0.4 is 10.6 Å². The van der Waals surface area contributed by atoms with Gasteiger partial charge in [-0.3, -0.25) is 9.59 Å². The molecule has 1 aromatic heterocycles. The summed E-state index contributed by atoms with van der Waals surface area (Å²) in [5.74, 6) is 0.321. The molecule has 1 unspecified atom stereocenters. The molecule has 3 N–H and O–H groups in total. The molecule has 9 nitrogen and oxygen atoms in total. The number of pyridine rings is 1. The quantitative estimate of drug-likeness (QED) is 0.265. The third-order valence-electron chi connectivity index (χ3n) is 7.96. The average Bonchev–Trinajstić information content (AvgIpc) is 3.33. The number of amides is 2. The number of carbonyl (C=O) groups excluding carboxylic acids is 2. The standard InChI is InChI=1S/C29H47N5O4/c1-3-22(4-2)21-26(35)32-25(29(37)38)14-18-33(19-20-34-17-8-11-27(34)36)16-6-5-10-24-13-12-23-9-7-15-30-28(23)31-24/h12-13,22,25H,3-11,14-21H2,1-2H3,(H,30,31)(H,32,35)(H,37,38). The first-order valence-electron chi connectivity index (χ1n) is 14.6. The van der Waals surface area contributed by atoms with E-state index in [1.54, 1.807) is 0 Å². The largest absolute Gasteiger partial charge is 0.480 e. The SMILES string of the molecule is CCC(CC)CC(=O)NC(CCN(CCCCc1ccc2c(n1)NCCC2)CCN1CCCC1=O)C(=O)O. The van der Waals surface area contributed by atoms with Gasteiger partial charge >= 0.3 is 5.97 Å². The maximum atomic E-state index is 12.5. The number of unbranched alkanes of at least 4 members (excludes halogenated alkanes) is 1. The Morgan fingerprint density at radius 1 is 1.13 bits per heavy atom. The van der Waals surface area contributed by atoms with Gasteiger partial charge in [-0.25, -0.2) is 9.78 Å². The number of aryl methyl sites for hydroxylation is 2.